The van der Waals surface area contributed by atoms with Crippen LogP contribution < -0.4 is 0 Å². The minimum Gasteiger partial charge on any atom is -0.468 e. The van der Waals surface area contributed by atoms with Crippen molar-refractivity contribution in [2.75, 3.05) is 47.6 Å². The minimum atomic E-state index is -0.522. The second-order valence-electron chi connectivity index (χ2n) is 4.40. The Morgan fingerprint density at radius 1 is 0.947 bits per heavy atom. The number of ether oxygens (including phenoxy) is 4. The summed E-state index contributed by atoms with van der Waals surface area (Å²) in [6.45, 7) is 1.29. The largest absolute Gasteiger partial charge is 0.468 e. The fourth-order valence-corrected chi connectivity index (χ4v) is 2.17. The van der Waals surface area contributed by atoms with Crippen LogP contribution in [-0.2, 0) is 28.5 Å². The van der Waals surface area contributed by atoms with Gasteiger partial charge in [0.25, 0.3) is 0 Å². The molecule has 108 valence electrons. The van der Waals surface area contributed by atoms with Crippen molar-refractivity contribution < 1.29 is 28.5 Å². The highest BCUT2D eigenvalue weighted by molar-refractivity contribution is 5.76. The molecule has 2 aliphatic rings. The molecule has 2 saturated heterocycles. The van der Waals surface area contributed by atoms with Crippen LogP contribution in [-0.4, -0.2) is 81.4 Å². The van der Waals surface area contributed by atoms with Crippen LogP contribution >= 0.6 is 0 Å². The zero-order valence-electron chi connectivity index (χ0n) is 11.0. The first kappa shape index (κ1) is 14.2. The van der Waals surface area contributed by atoms with Crippen molar-refractivity contribution in [2.24, 2.45) is 0 Å². The molecule has 0 amide bonds. The molecule has 2 fully saturated rings. The minimum absolute atomic E-state index is 0.209. The van der Waals surface area contributed by atoms with Gasteiger partial charge in [0.15, 0.2) is 0 Å². The highest BCUT2D eigenvalue weighted by Gasteiger charge is 2.38. The molecule has 2 unspecified atom stereocenters. The lowest BCUT2D eigenvalue weighted by Gasteiger charge is -2.27. The molecule has 2 rings (SSSR count). The van der Waals surface area contributed by atoms with Crippen LogP contribution in [0.15, 0.2) is 0 Å². The first-order valence-electron chi connectivity index (χ1n) is 5.96. The van der Waals surface area contributed by atoms with Gasteiger partial charge in [0.2, 0.25) is 0 Å². The Kier molecular flexibility index (Phi) is 4.70. The standard InChI is InChI=1S/C11H18N2O6/c1-16-10(14)8-3-18-7-13-5-12(8)6-19-4-9(13)11(15)17-2/h8-9H,3-7H2,1-2H3/t8-,9-/m0/s1. The van der Waals surface area contributed by atoms with E-state index in [1.165, 1.54) is 14.2 Å². The topological polar surface area (TPSA) is 77.5 Å². The van der Waals surface area contributed by atoms with Gasteiger partial charge >= 0.3 is 11.9 Å². The maximum absolute atomic E-state index is 11.7. The van der Waals surface area contributed by atoms with E-state index in [9.17, 15) is 9.59 Å². The van der Waals surface area contributed by atoms with E-state index in [0.717, 1.165) is 0 Å². The van der Waals surface area contributed by atoms with Crippen molar-refractivity contribution in [1.29, 1.82) is 0 Å². The predicted molar refractivity (Wildman–Crippen MR) is 61.8 cm³/mol. The van der Waals surface area contributed by atoms with Crippen LogP contribution in [0.2, 0.25) is 0 Å². The van der Waals surface area contributed by atoms with Crippen molar-refractivity contribution in [1.82, 2.24) is 9.80 Å². The van der Waals surface area contributed by atoms with E-state index in [1.807, 2.05) is 0 Å². The second-order valence-corrected chi connectivity index (χ2v) is 4.40. The van der Waals surface area contributed by atoms with Crippen molar-refractivity contribution in [3.8, 4) is 0 Å². The SMILES string of the molecule is COC(=O)[C@@H]1COCN2CN1COC[C@H]2C(=O)OC. The Hall–Kier alpha value is -1.22. The molecule has 8 nitrogen and oxygen atoms in total. The van der Waals surface area contributed by atoms with Crippen LogP contribution in [0.25, 0.3) is 0 Å². The highest BCUT2D eigenvalue weighted by Crippen LogP contribution is 2.16. The van der Waals surface area contributed by atoms with Gasteiger partial charge in [-0.1, -0.05) is 0 Å². The summed E-state index contributed by atoms with van der Waals surface area (Å²) in [5.74, 6) is -0.746. The monoisotopic (exact) mass is 274 g/mol. The molecule has 0 saturated carbocycles. The molecule has 0 N–H and O–H groups in total. The molecular weight excluding hydrogens is 256 g/mol. The molecule has 0 spiro atoms. The van der Waals surface area contributed by atoms with E-state index < -0.39 is 12.1 Å². The Bertz CT molecular complexity index is 318. The van der Waals surface area contributed by atoms with Gasteiger partial charge in [0.05, 0.1) is 34.1 Å². The lowest BCUT2D eigenvalue weighted by Crippen LogP contribution is -2.49. The van der Waals surface area contributed by atoms with Gasteiger partial charge in [-0.3, -0.25) is 19.4 Å². The number of esters is 2. The summed E-state index contributed by atoms with van der Waals surface area (Å²) < 4.78 is 20.4. The van der Waals surface area contributed by atoms with Gasteiger partial charge in [-0.05, 0) is 0 Å². The zero-order chi connectivity index (χ0) is 13.8. The van der Waals surface area contributed by atoms with E-state index in [4.69, 9.17) is 18.9 Å². The van der Waals surface area contributed by atoms with Gasteiger partial charge in [0, 0.05) is 0 Å². The number of methoxy groups -OCH3 is 2. The molecule has 0 aromatic rings. The first-order valence-corrected chi connectivity index (χ1v) is 5.96. The summed E-state index contributed by atoms with van der Waals surface area (Å²) >= 11 is 0. The molecule has 4 atom stereocenters. The van der Waals surface area contributed by atoms with E-state index in [-0.39, 0.29) is 38.6 Å². The lowest BCUT2D eigenvalue weighted by atomic mass is 10.3. The van der Waals surface area contributed by atoms with Crippen molar-refractivity contribution in [3.63, 3.8) is 0 Å². The molecule has 0 radical (unpaired) electrons. The summed E-state index contributed by atoms with van der Waals surface area (Å²) in [4.78, 5) is 26.9. The number of rotatable bonds is 2. The fraction of sp³-hybridized carbons (Fsp3) is 0.818. The zero-order valence-corrected chi connectivity index (χ0v) is 11.0. The average Bonchev–Trinajstić information content (AvgIpc) is 2.77. The molecule has 0 aromatic heterocycles. The summed E-state index contributed by atoms with van der Waals surface area (Å²) in [5.41, 5.74) is 0. The maximum atomic E-state index is 11.7. The Morgan fingerprint density at radius 2 is 1.37 bits per heavy atom. The van der Waals surface area contributed by atoms with Gasteiger partial charge in [-0.15, -0.1) is 0 Å². The van der Waals surface area contributed by atoms with Gasteiger partial charge in [0.1, 0.15) is 25.5 Å². The maximum Gasteiger partial charge on any atom is 0.325 e. The van der Waals surface area contributed by atoms with Gasteiger partial charge < -0.3 is 18.9 Å². The smallest absolute Gasteiger partial charge is 0.325 e. The van der Waals surface area contributed by atoms with Gasteiger partial charge in [-0.2, -0.15) is 0 Å². The summed E-state index contributed by atoms with van der Waals surface area (Å²) in [6.07, 6.45) is 0. The number of hydrogen-bond donors (Lipinski definition) is 0. The molecule has 19 heavy (non-hydrogen) atoms. The first-order chi connectivity index (χ1) is 9.17. The third-order valence-corrected chi connectivity index (χ3v) is 3.26. The summed E-state index contributed by atoms with van der Waals surface area (Å²) in [5, 5.41) is 0. The quantitative estimate of drug-likeness (QED) is 0.569. The van der Waals surface area contributed by atoms with E-state index in [0.29, 0.717) is 6.67 Å². The number of hydrogen-bond acceptors (Lipinski definition) is 8. The van der Waals surface area contributed by atoms with Crippen molar-refractivity contribution >= 4 is 11.9 Å². The number of carbonyl (C=O) groups excluding carboxylic acids is 2. The van der Waals surface area contributed by atoms with E-state index >= 15 is 0 Å². The van der Waals surface area contributed by atoms with Crippen LogP contribution in [0.4, 0.5) is 0 Å². The molecule has 2 heterocycles. The van der Waals surface area contributed by atoms with Crippen LogP contribution in [0.1, 0.15) is 0 Å². The fourth-order valence-electron chi connectivity index (χ4n) is 2.17. The normalized spacial score (nSPS) is 34.8. The van der Waals surface area contributed by atoms with Crippen molar-refractivity contribution in [2.45, 2.75) is 12.1 Å². The Morgan fingerprint density at radius 3 is 1.74 bits per heavy atom. The van der Waals surface area contributed by atoms with E-state index in [1.54, 1.807) is 9.80 Å². The molecule has 8 heteroatoms. The average molecular weight is 274 g/mol. The third-order valence-electron chi connectivity index (χ3n) is 3.26. The predicted octanol–water partition coefficient (Wildman–Crippen LogP) is -1.39. The summed E-state index contributed by atoms with van der Waals surface area (Å²) in [6, 6.07) is -1.04. The number of nitrogens with zero attached hydrogens (tertiary/aromatic N) is 2. The lowest BCUT2D eigenvalue weighted by molar-refractivity contribution is -0.153. The highest BCUT2D eigenvalue weighted by atomic mass is 16.5. The van der Waals surface area contributed by atoms with Crippen molar-refractivity contribution in [3.05, 3.63) is 0 Å². The number of carbonyl (C=O) groups is 2. The molecule has 2 bridgehead atoms. The molecular formula is C11H18N2O6. The summed E-state index contributed by atoms with van der Waals surface area (Å²) in [7, 11) is 2.67. The third kappa shape index (κ3) is 3.03. The van der Waals surface area contributed by atoms with E-state index in [2.05, 4.69) is 0 Å². The van der Waals surface area contributed by atoms with Crippen LogP contribution in [0.5, 0.6) is 0 Å². The molecule has 0 aliphatic carbocycles. The molecule has 0 aromatic carbocycles. The Balaban J connectivity index is 2.13. The molecule has 2 aliphatic heterocycles. The number of fused-ring (bicyclic) bond motifs is 2. The second kappa shape index (κ2) is 6.29. The van der Waals surface area contributed by atoms with Crippen LogP contribution in [0.3, 0.4) is 0 Å². The van der Waals surface area contributed by atoms with Crippen LogP contribution in [0, 0.1) is 0 Å². The Labute approximate surface area is 111 Å². The van der Waals surface area contributed by atoms with Gasteiger partial charge in [-0.25, -0.2) is 0 Å².